The molecule has 1 saturated carbocycles. The van der Waals surface area contributed by atoms with E-state index in [0.29, 0.717) is 0 Å². The lowest BCUT2D eigenvalue weighted by Gasteiger charge is -2.33. The van der Waals surface area contributed by atoms with E-state index in [9.17, 15) is 0 Å². The maximum absolute atomic E-state index is 5.79. The largest absolute Gasteiger partial charge is 0.494 e. The van der Waals surface area contributed by atoms with Crippen LogP contribution in [0.1, 0.15) is 96.5 Å². The molecule has 1 unspecified atom stereocenters. The Morgan fingerprint density at radius 1 is 0.862 bits per heavy atom. The average molecular weight is 395 g/mol. The average Bonchev–Trinajstić information content (AvgIpc) is 2.78. The second-order valence-electron chi connectivity index (χ2n) is 9.27. The number of hydrogen-bond donors (Lipinski definition) is 0. The van der Waals surface area contributed by atoms with Gasteiger partial charge < -0.3 is 4.74 Å². The molecule has 0 amide bonds. The summed E-state index contributed by atoms with van der Waals surface area (Å²) in [4.78, 5) is 0. The number of unbranched alkanes of at least 4 members (excludes halogenated alkanes) is 4. The van der Waals surface area contributed by atoms with Gasteiger partial charge in [-0.3, -0.25) is 0 Å². The van der Waals surface area contributed by atoms with E-state index >= 15 is 0 Å². The van der Waals surface area contributed by atoms with Gasteiger partial charge in [0.1, 0.15) is 5.75 Å². The first-order valence-electron chi connectivity index (χ1n) is 12.4. The quantitative estimate of drug-likeness (QED) is 0.341. The van der Waals surface area contributed by atoms with Gasteiger partial charge in [0.15, 0.2) is 0 Å². The van der Waals surface area contributed by atoms with Gasteiger partial charge in [-0.15, -0.1) is 0 Å². The van der Waals surface area contributed by atoms with Crippen molar-refractivity contribution in [1.82, 2.24) is 0 Å². The van der Waals surface area contributed by atoms with Crippen molar-refractivity contribution in [2.24, 2.45) is 17.8 Å². The smallest absolute Gasteiger partial charge is 0.119 e. The van der Waals surface area contributed by atoms with Crippen molar-refractivity contribution in [2.75, 3.05) is 6.61 Å². The minimum Gasteiger partial charge on any atom is -0.494 e. The van der Waals surface area contributed by atoms with Crippen molar-refractivity contribution >= 4 is 5.57 Å². The van der Waals surface area contributed by atoms with E-state index in [1.165, 1.54) is 81.8 Å². The molecule has 3 rings (SSSR count). The molecule has 0 spiro atoms. The molecule has 2 aliphatic carbocycles. The van der Waals surface area contributed by atoms with E-state index in [1.807, 2.05) is 0 Å². The van der Waals surface area contributed by atoms with Crippen LogP contribution in [0.2, 0.25) is 0 Å². The van der Waals surface area contributed by atoms with Gasteiger partial charge in [-0.05, 0) is 66.7 Å². The SMILES string of the molecule is CCCCCCC1CCC(C2C=CC(c3ccc(OCCCC)cc3)=CC2)CC1. The lowest BCUT2D eigenvalue weighted by atomic mass is 9.72. The fourth-order valence-corrected chi connectivity index (χ4v) is 5.04. The van der Waals surface area contributed by atoms with Gasteiger partial charge in [0.05, 0.1) is 6.61 Å². The van der Waals surface area contributed by atoms with Gasteiger partial charge in [-0.1, -0.05) is 95.6 Å². The molecule has 1 aromatic carbocycles. The van der Waals surface area contributed by atoms with Crippen molar-refractivity contribution in [3.8, 4) is 5.75 Å². The van der Waals surface area contributed by atoms with Crippen LogP contribution in [0.3, 0.4) is 0 Å². The van der Waals surface area contributed by atoms with Crippen LogP contribution >= 0.6 is 0 Å². The zero-order valence-electron chi connectivity index (χ0n) is 18.9. The standard InChI is InChI=1S/C28H42O/c1-3-5-7-8-9-23-10-12-24(13-11-23)25-14-16-26(17-15-25)27-18-20-28(21-19-27)29-22-6-4-2/h14,16-21,23-25H,3-13,15,22H2,1-2H3. The Kier molecular flexibility index (Phi) is 9.38. The molecule has 1 aromatic rings. The lowest BCUT2D eigenvalue weighted by Crippen LogP contribution is -2.21. The summed E-state index contributed by atoms with van der Waals surface area (Å²) in [5.41, 5.74) is 2.70. The second-order valence-corrected chi connectivity index (χ2v) is 9.27. The maximum atomic E-state index is 5.79. The van der Waals surface area contributed by atoms with E-state index in [-0.39, 0.29) is 0 Å². The van der Waals surface area contributed by atoms with Gasteiger partial charge in [0.25, 0.3) is 0 Å². The van der Waals surface area contributed by atoms with Crippen molar-refractivity contribution < 1.29 is 4.74 Å². The highest BCUT2D eigenvalue weighted by Crippen LogP contribution is 2.39. The van der Waals surface area contributed by atoms with E-state index in [1.54, 1.807) is 0 Å². The van der Waals surface area contributed by atoms with Crippen LogP contribution in [-0.2, 0) is 0 Å². The molecule has 0 radical (unpaired) electrons. The maximum Gasteiger partial charge on any atom is 0.119 e. The summed E-state index contributed by atoms with van der Waals surface area (Å²) in [6, 6.07) is 8.66. The second kappa shape index (κ2) is 12.3. The molecule has 0 heterocycles. The Morgan fingerprint density at radius 3 is 2.28 bits per heavy atom. The number of ether oxygens (including phenoxy) is 1. The highest BCUT2D eigenvalue weighted by Gasteiger charge is 2.26. The summed E-state index contributed by atoms with van der Waals surface area (Å²) in [5, 5.41) is 0. The van der Waals surface area contributed by atoms with Crippen LogP contribution in [0, 0.1) is 17.8 Å². The van der Waals surface area contributed by atoms with E-state index in [4.69, 9.17) is 4.74 Å². The molecule has 2 aliphatic rings. The number of allylic oxidation sites excluding steroid dienone is 4. The molecule has 160 valence electrons. The summed E-state index contributed by atoms with van der Waals surface area (Å²) >= 11 is 0. The minimum atomic E-state index is 0.761. The van der Waals surface area contributed by atoms with Gasteiger partial charge in [0, 0.05) is 0 Å². The highest BCUT2D eigenvalue weighted by molar-refractivity contribution is 5.75. The van der Waals surface area contributed by atoms with Gasteiger partial charge in [-0.2, -0.15) is 0 Å². The van der Waals surface area contributed by atoms with Gasteiger partial charge >= 0.3 is 0 Å². The molecule has 1 fully saturated rings. The summed E-state index contributed by atoms with van der Waals surface area (Å²) in [7, 11) is 0. The number of rotatable bonds is 11. The minimum absolute atomic E-state index is 0.761. The first kappa shape index (κ1) is 22.2. The Bertz CT molecular complexity index is 631. The third-order valence-corrected chi connectivity index (χ3v) is 7.05. The number of benzene rings is 1. The first-order valence-corrected chi connectivity index (χ1v) is 12.4. The zero-order chi connectivity index (χ0) is 20.3. The molecule has 0 N–H and O–H groups in total. The summed E-state index contributed by atoms with van der Waals surface area (Å²) in [6.07, 6.45) is 23.9. The van der Waals surface area contributed by atoms with E-state index in [2.05, 4.69) is 56.3 Å². The zero-order valence-corrected chi connectivity index (χ0v) is 18.9. The summed E-state index contributed by atoms with van der Waals surface area (Å²) in [5.74, 6) is 3.67. The number of hydrogen-bond acceptors (Lipinski definition) is 1. The molecular weight excluding hydrogens is 352 g/mol. The Balaban J connectivity index is 1.41. The normalized spacial score (nSPS) is 24.3. The molecule has 1 nitrogen and oxygen atoms in total. The van der Waals surface area contributed by atoms with Crippen LogP contribution < -0.4 is 4.74 Å². The predicted octanol–water partition coefficient (Wildman–Crippen LogP) is 8.60. The molecule has 0 saturated heterocycles. The first-order chi connectivity index (χ1) is 14.3. The van der Waals surface area contributed by atoms with Crippen molar-refractivity contribution in [2.45, 2.75) is 90.9 Å². The molecule has 1 atom stereocenters. The highest BCUT2D eigenvalue weighted by atomic mass is 16.5. The third kappa shape index (κ3) is 7.05. The van der Waals surface area contributed by atoms with Gasteiger partial charge in [-0.25, -0.2) is 0 Å². The van der Waals surface area contributed by atoms with Crippen molar-refractivity contribution in [3.05, 3.63) is 48.1 Å². The Morgan fingerprint density at radius 2 is 1.62 bits per heavy atom. The van der Waals surface area contributed by atoms with Crippen LogP contribution in [0.25, 0.3) is 5.57 Å². The van der Waals surface area contributed by atoms with E-state index in [0.717, 1.165) is 36.5 Å². The topological polar surface area (TPSA) is 9.23 Å². The summed E-state index contributed by atoms with van der Waals surface area (Å²) < 4.78 is 5.79. The van der Waals surface area contributed by atoms with Crippen LogP contribution in [-0.4, -0.2) is 6.61 Å². The van der Waals surface area contributed by atoms with Crippen molar-refractivity contribution in [3.63, 3.8) is 0 Å². The van der Waals surface area contributed by atoms with Crippen LogP contribution in [0.5, 0.6) is 5.75 Å². The van der Waals surface area contributed by atoms with Crippen LogP contribution in [0.15, 0.2) is 42.5 Å². The molecule has 0 aromatic heterocycles. The lowest BCUT2D eigenvalue weighted by molar-refractivity contribution is 0.218. The fourth-order valence-electron chi connectivity index (χ4n) is 5.04. The summed E-state index contributed by atoms with van der Waals surface area (Å²) in [6.45, 7) is 5.32. The van der Waals surface area contributed by atoms with E-state index < -0.39 is 0 Å². The molecule has 29 heavy (non-hydrogen) atoms. The molecule has 0 bridgehead atoms. The predicted molar refractivity (Wildman–Crippen MR) is 126 cm³/mol. The molecular formula is C28H42O. The molecule has 0 aliphatic heterocycles. The van der Waals surface area contributed by atoms with Gasteiger partial charge in [0.2, 0.25) is 0 Å². The van der Waals surface area contributed by atoms with Crippen molar-refractivity contribution in [1.29, 1.82) is 0 Å². The Labute approximate surface area is 179 Å². The fraction of sp³-hybridized carbons (Fsp3) is 0.643. The third-order valence-electron chi connectivity index (χ3n) is 7.05. The Hall–Kier alpha value is -1.50. The monoisotopic (exact) mass is 394 g/mol. The molecule has 1 heteroatoms. The van der Waals surface area contributed by atoms with Crippen LogP contribution in [0.4, 0.5) is 0 Å².